The normalized spacial score (nSPS) is 22.7. The lowest BCUT2D eigenvalue weighted by Gasteiger charge is -2.28. The van der Waals surface area contributed by atoms with Gasteiger partial charge in [0.15, 0.2) is 0 Å². The molecule has 1 fully saturated rings. The number of terminal acetylenes is 1. The smallest absolute Gasteiger partial charge is 0.0242 e. The summed E-state index contributed by atoms with van der Waals surface area (Å²) >= 11 is 0. The summed E-state index contributed by atoms with van der Waals surface area (Å²) in [6.45, 7) is 3.80. The van der Waals surface area contributed by atoms with Crippen molar-refractivity contribution in [3.8, 4) is 12.3 Å². The van der Waals surface area contributed by atoms with Gasteiger partial charge in [-0.05, 0) is 68.1 Å². The van der Waals surface area contributed by atoms with Crippen LogP contribution in [0.3, 0.4) is 0 Å². The van der Waals surface area contributed by atoms with Gasteiger partial charge in [0.05, 0.1) is 0 Å². The number of unbranched alkanes of at least 4 members (excludes halogenated alkanes) is 1. The minimum Gasteiger partial charge on any atom is -0.115 e. The molecule has 1 aliphatic rings. The maximum absolute atomic E-state index is 5.40. The van der Waals surface area contributed by atoms with Crippen LogP contribution in [0.5, 0.6) is 0 Å². The first-order valence-electron chi connectivity index (χ1n) is 7.51. The van der Waals surface area contributed by atoms with Gasteiger partial charge in [-0.2, -0.15) is 0 Å². The first-order valence-corrected chi connectivity index (χ1v) is 7.51. The maximum Gasteiger partial charge on any atom is 0.0242 e. The predicted octanol–water partition coefficient (Wildman–Crippen LogP) is 5.30. The largest absolute Gasteiger partial charge is 0.115 e. The Kier molecular flexibility index (Phi) is 5.28. The minimum atomic E-state index is 0.752. The fourth-order valence-electron chi connectivity index (χ4n) is 3.19. The van der Waals surface area contributed by atoms with E-state index in [0.29, 0.717) is 0 Å². The summed E-state index contributed by atoms with van der Waals surface area (Å²) < 4.78 is 0. The number of benzene rings is 1. The van der Waals surface area contributed by atoms with Crippen LogP contribution < -0.4 is 0 Å². The monoisotopic (exact) mass is 252 g/mol. The molecule has 19 heavy (non-hydrogen) atoms. The number of hydrogen-bond acceptors (Lipinski definition) is 0. The van der Waals surface area contributed by atoms with Crippen molar-refractivity contribution < 1.29 is 0 Å². The molecule has 0 saturated heterocycles. The highest BCUT2D eigenvalue weighted by atomic mass is 14.3. The minimum absolute atomic E-state index is 0.752. The van der Waals surface area contributed by atoms with Gasteiger partial charge in [0, 0.05) is 5.56 Å². The van der Waals surface area contributed by atoms with Gasteiger partial charge in [-0.25, -0.2) is 0 Å². The van der Waals surface area contributed by atoms with E-state index in [1.807, 2.05) is 6.08 Å². The third-order valence-corrected chi connectivity index (χ3v) is 4.42. The van der Waals surface area contributed by atoms with E-state index < -0.39 is 0 Å². The molecule has 0 heteroatoms. The molecule has 0 N–H and O–H groups in total. The van der Waals surface area contributed by atoms with E-state index >= 15 is 0 Å². The predicted molar refractivity (Wildman–Crippen MR) is 83.1 cm³/mol. The van der Waals surface area contributed by atoms with Crippen molar-refractivity contribution in [2.45, 2.75) is 50.9 Å². The van der Waals surface area contributed by atoms with Crippen molar-refractivity contribution in [2.24, 2.45) is 5.92 Å². The lowest BCUT2D eigenvalue weighted by Crippen LogP contribution is -2.13. The standard InChI is InChI=1S/C19H24/c1-3-5-6-7-17-10-14-19(15-11-17)18-12-8-16(4-2)9-13-18/h2-3,8-9,12-13,17,19H,1,5-7,10-11,14-15H2. The van der Waals surface area contributed by atoms with Gasteiger partial charge in [0.25, 0.3) is 0 Å². The molecule has 0 amide bonds. The molecule has 0 radical (unpaired) electrons. The van der Waals surface area contributed by atoms with E-state index in [1.165, 1.54) is 50.5 Å². The highest BCUT2D eigenvalue weighted by Gasteiger charge is 2.21. The van der Waals surface area contributed by atoms with Crippen molar-refractivity contribution in [3.63, 3.8) is 0 Å². The summed E-state index contributed by atoms with van der Waals surface area (Å²) in [5.41, 5.74) is 2.46. The second-order valence-corrected chi connectivity index (χ2v) is 5.70. The van der Waals surface area contributed by atoms with Crippen molar-refractivity contribution in [1.82, 2.24) is 0 Å². The van der Waals surface area contributed by atoms with Gasteiger partial charge in [-0.15, -0.1) is 13.0 Å². The average Bonchev–Trinajstić information content (AvgIpc) is 2.48. The highest BCUT2D eigenvalue weighted by Crippen LogP contribution is 2.37. The zero-order valence-electron chi connectivity index (χ0n) is 11.8. The fourth-order valence-corrected chi connectivity index (χ4v) is 3.19. The van der Waals surface area contributed by atoms with Crippen molar-refractivity contribution >= 4 is 0 Å². The van der Waals surface area contributed by atoms with E-state index in [-0.39, 0.29) is 0 Å². The first-order chi connectivity index (χ1) is 9.33. The lowest BCUT2D eigenvalue weighted by atomic mass is 9.77. The van der Waals surface area contributed by atoms with E-state index in [1.54, 1.807) is 0 Å². The topological polar surface area (TPSA) is 0 Å². The van der Waals surface area contributed by atoms with E-state index in [9.17, 15) is 0 Å². The Balaban J connectivity index is 1.82. The molecule has 1 aliphatic carbocycles. The molecule has 0 heterocycles. The Labute approximate surface area is 117 Å². The van der Waals surface area contributed by atoms with Gasteiger partial charge < -0.3 is 0 Å². The van der Waals surface area contributed by atoms with E-state index in [2.05, 4.69) is 36.8 Å². The molecule has 0 aliphatic heterocycles. The summed E-state index contributed by atoms with van der Waals surface area (Å²) in [7, 11) is 0. The van der Waals surface area contributed by atoms with Gasteiger partial charge >= 0.3 is 0 Å². The summed E-state index contributed by atoms with van der Waals surface area (Å²) in [6, 6.07) is 8.59. The van der Waals surface area contributed by atoms with Gasteiger partial charge in [0.2, 0.25) is 0 Å². The molecule has 0 nitrogen and oxygen atoms in total. The fraction of sp³-hybridized carbons (Fsp3) is 0.474. The van der Waals surface area contributed by atoms with Crippen LogP contribution in [0, 0.1) is 18.3 Å². The average molecular weight is 252 g/mol. The number of rotatable bonds is 5. The Bertz CT molecular complexity index is 424. The van der Waals surface area contributed by atoms with Crippen molar-refractivity contribution in [3.05, 3.63) is 48.0 Å². The molecule has 1 aromatic carbocycles. The van der Waals surface area contributed by atoms with Gasteiger partial charge in [-0.3, -0.25) is 0 Å². The van der Waals surface area contributed by atoms with Crippen LogP contribution in [-0.2, 0) is 0 Å². The van der Waals surface area contributed by atoms with Crippen molar-refractivity contribution in [2.75, 3.05) is 0 Å². The maximum atomic E-state index is 5.40. The molecule has 0 spiro atoms. The Hall–Kier alpha value is -1.48. The molecule has 100 valence electrons. The van der Waals surface area contributed by atoms with Crippen LogP contribution in [0.1, 0.15) is 62.0 Å². The number of allylic oxidation sites excluding steroid dienone is 1. The third-order valence-electron chi connectivity index (χ3n) is 4.42. The Morgan fingerprint density at radius 2 is 1.84 bits per heavy atom. The van der Waals surface area contributed by atoms with E-state index in [4.69, 9.17) is 6.42 Å². The number of hydrogen-bond donors (Lipinski definition) is 0. The molecule has 0 bridgehead atoms. The van der Waals surface area contributed by atoms with Crippen molar-refractivity contribution in [1.29, 1.82) is 0 Å². The molecule has 1 saturated carbocycles. The Morgan fingerprint density at radius 3 is 2.42 bits per heavy atom. The lowest BCUT2D eigenvalue weighted by molar-refractivity contribution is 0.305. The van der Waals surface area contributed by atoms with Crippen LogP contribution in [-0.4, -0.2) is 0 Å². The first kappa shape index (κ1) is 13.9. The van der Waals surface area contributed by atoms with E-state index in [0.717, 1.165) is 17.4 Å². The third kappa shape index (κ3) is 4.00. The zero-order chi connectivity index (χ0) is 13.5. The van der Waals surface area contributed by atoms with Crippen LogP contribution >= 0.6 is 0 Å². The SMILES string of the molecule is C#Cc1ccc(C2CCC(CCCC=C)CC2)cc1. The summed E-state index contributed by atoms with van der Waals surface area (Å²) in [6.07, 6.45) is 16.8. The molecule has 1 aromatic rings. The Morgan fingerprint density at radius 1 is 1.16 bits per heavy atom. The van der Waals surface area contributed by atoms with Gasteiger partial charge in [0.1, 0.15) is 0 Å². The zero-order valence-corrected chi connectivity index (χ0v) is 11.8. The molecule has 0 aromatic heterocycles. The highest BCUT2D eigenvalue weighted by molar-refractivity contribution is 5.35. The summed E-state index contributed by atoms with van der Waals surface area (Å²) in [4.78, 5) is 0. The van der Waals surface area contributed by atoms with Crippen LogP contribution in [0.4, 0.5) is 0 Å². The molecular formula is C19H24. The van der Waals surface area contributed by atoms with Crippen LogP contribution in [0.15, 0.2) is 36.9 Å². The van der Waals surface area contributed by atoms with Crippen LogP contribution in [0.2, 0.25) is 0 Å². The second-order valence-electron chi connectivity index (χ2n) is 5.70. The van der Waals surface area contributed by atoms with Gasteiger partial charge in [-0.1, -0.05) is 30.6 Å². The summed E-state index contributed by atoms with van der Waals surface area (Å²) in [5, 5.41) is 0. The summed E-state index contributed by atoms with van der Waals surface area (Å²) in [5.74, 6) is 4.38. The molecule has 0 atom stereocenters. The molecular weight excluding hydrogens is 228 g/mol. The second kappa shape index (κ2) is 7.19. The molecule has 2 rings (SSSR count). The quantitative estimate of drug-likeness (QED) is 0.379. The van der Waals surface area contributed by atoms with Crippen LogP contribution in [0.25, 0.3) is 0 Å². The molecule has 0 unspecified atom stereocenters.